The van der Waals surface area contributed by atoms with Gasteiger partial charge in [-0.2, -0.15) is 0 Å². The van der Waals surface area contributed by atoms with Gasteiger partial charge in [-0.3, -0.25) is 0 Å². The molecule has 0 amide bonds. The average molecular weight is 349 g/mol. The van der Waals surface area contributed by atoms with Crippen molar-refractivity contribution in [3.63, 3.8) is 0 Å². The molecule has 1 N–H and O–H groups in total. The molecule has 0 aliphatic heterocycles. The van der Waals surface area contributed by atoms with Crippen molar-refractivity contribution in [1.29, 1.82) is 0 Å². The minimum Gasteiger partial charge on any atom is -0.481 e. The summed E-state index contributed by atoms with van der Waals surface area (Å²) in [7, 11) is 1.31. The second-order valence-corrected chi connectivity index (χ2v) is 3.67. The van der Waals surface area contributed by atoms with Gasteiger partial charge in [0.2, 0.25) is 5.88 Å². The Balaban J connectivity index is 3.11. The number of alkyl halides is 3. The molecule has 0 saturated carbocycles. The van der Waals surface area contributed by atoms with Crippen molar-refractivity contribution in [2.75, 3.05) is 7.11 Å². The molecule has 0 unspecified atom stereocenters. The van der Waals surface area contributed by atoms with Crippen LogP contribution in [0.5, 0.6) is 11.6 Å². The number of ether oxygens (including phenoxy) is 2. The number of hydrogen-bond donors (Lipinski definition) is 1. The Bertz CT molecular complexity index is 384. The molecule has 1 rings (SSSR count). The van der Waals surface area contributed by atoms with Crippen LogP contribution in [0, 0.1) is 3.70 Å². The molecule has 0 aromatic carbocycles. The number of nitrogens with zero attached hydrogens (tertiary/aromatic N) is 1. The minimum atomic E-state index is -4.79. The number of pyridine rings is 1. The van der Waals surface area contributed by atoms with Crippen LogP contribution in [-0.4, -0.2) is 23.6 Å². The third-order valence-electron chi connectivity index (χ3n) is 1.57. The van der Waals surface area contributed by atoms with E-state index in [-0.39, 0.29) is 15.1 Å². The van der Waals surface area contributed by atoms with Gasteiger partial charge in [-0.05, 0) is 28.7 Å². The molecular formula is C8H7F3INO3. The lowest BCUT2D eigenvalue weighted by atomic mass is 10.3. The topological polar surface area (TPSA) is 51.6 Å². The SMILES string of the molecule is COc1nc(I)c(OC(F)(F)F)cc1CO. The molecule has 0 bridgehead atoms. The molecule has 16 heavy (non-hydrogen) atoms. The van der Waals surface area contributed by atoms with E-state index in [0.717, 1.165) is 6.07 Å². The van der Waals surface area contributed by atoms with Gasteiger partial charge in [0.15, 0.2) is 5.75 Å². The third-order valence-corrected chi connectivity index (χ3v) is 2.35. The molecule has 0 atom stereocenters. The molecule has 0 fully saturated rings. The zero-order chi connectivity index (χ0) is 12.3. The highest BCUT2D eigenvalue weighted by Gasteiger charge is 2.32. The number of aliphatic hydroxyl groups is 1. The smallest absolute Gasteiger partial charge is 0.481 e. The second-order valence-electron chi connectivity index (χ2n) is 2.65. The van der Waals surface area contributed by atoms with Crippen LogP contribution >= 0.6 is 22.6 Å². The van der Waals surface area contributed by atoms with E-state index in [1.165, 1.54) is 7.11 Å². The van der Waals surface area contributed by atoms with Crippen LogP contribution in [0.2, 0.25) is 0 Å². The number of rotatable bonds is 3. The predicted molar refractivity (Wildman–Crippen MR) is 56.1 cm³/mol. The summed E-state index contributed by atoms with van der Waals surface area (Å²) in [5.74, 6) is -0.389. The monoisotopic (exact) mass is 349 g/mol. The summed E-state index contributed by atoms with van der Waals surface area (Å²) in [6, 6.07) is 1.04. The van der Waals surface area contributed by atoms with Crippen LogP contribution in [0.15, 0.2) is 6.07 Å². The first-order valence-electron chi connectivity index (χ1n) is 3.97. The molecule has 90 valence electrons. The summed E-state index contributed by atoms with van der Waals surface area (Å²) in [6.07, 6.45) is -4.79. The first kappa shape index (κ1) is 13.3. The Morgan fingerprint density at radius 2 is 2.12 bits per heavy atom. The van der Waals surface area contributed by atoms with Crippen molar-refractivity contribution in [1.82, 2.24) is 4.98 Å². The van der Waals surface area contributed by atoms with Crippen LogP contribution in [0.4, 0.5) is 13.2 Å². The lowest BCUT2D eigenvalue weighted by Crippen LogP contribution is -2.18. The Labute approximate surface area is 103 Å². The molecule has 0 aliphatic carbocycles. The van der Waals surface area contributed by atoms with Gasteiger partial charge in [-0.1, -0.05) is 0 Å². The normalized spacial score (nSPS) is 11.4. The van der Waals surface area contributed by atoms with Gasteiger partial charge in [0.1, 0.15) is 3.70 Å². The largest absolute Gasteiger partial charge is 0.573 e. The predicted octanol–water partition coefficient (Wildman–Crippen LogP) is 2.09. The molecular weight excluding hydrogens is 342 g/mol. The van der Waals surface area contributed by atoms with Crippen molar-refractivity contribution in [2.24, 2.45) is 0 Å². The van der Waals surface area contributed by atoms with Crippen molar-refractivity contribution in [3.8, 4) is 11.6 Å². The second kappa shape index (κ2) is 5.04. The number of hydrogen-bond acceptors (Lipinski definition) is 4. The Kier molecular flexibility index (Phi) is 4.19. The van der Waals surface area contributed by atoms with Crippen molar-refractivity contribution in [3.05, 3.63) is 15.3 Å². The van der Waals surface area contributed by atoms with E-state index in [9.17, 15) is 13.2 Å². The van der Waals surface area contributed by atoms with Gasteiger partial charge in [0.05, 0.1) is 13.7 Å². The number of aliphatic hydroxyl groups excluding tert-OH is 1. The van der Waals surface area contributed by atoms with Crippen LogP contribution in [0.3, 0.4) is 0 Å². The van der Waals surface area contributed by atoms with E-state index in [1.54, 1.807) is 22.6 Å². The van der Waals surface area contributed by atoms with Gasteiger partial charge in [0, 0.05) is 5.56 Å². The minimum absolute atomic E-state index is 0.00368. The molecule has 1 heterocycles. The Hall–Kier alpha value is -0.770. The molecule has 8 heteroatoms. The standard InChI is InChI=1S/C8H7F3INO3/c1-15-7-4(3-14)2-5(6(12)13-7)16-8(9,10)11/h2,14H,3H2,1H3. The zero-order valence-electron chi connectivity index (χ0n) is 8.01. The first-order chi connectivity index (χ1) is 7.37. The summed E-state index contributed by atoms with van der Waals surface area (Å²) in [6.45, 7) is -0.485. The third kappa shape index (κ3) is 3.37. The van der Waals surface area contributed by atoms with Crippen molar-refractivity contribution >= 4 is 22.6 Å². The highest BCUT2D eigenvalue weighted by atomic mass is 127. The zero-order valence-corrected chi connectivity index (χ0v) is 10.2. The fourth-order valence-electron chi connectivity index (χ4n) is 0.982. The molecule has 0 aliphatic rings. The number of halogens is 4. The Morgan fingerprint density at radius 3 is 2.56 bits per heavy atom. The van der Waals surface area contributed by atoms with E-state index < -0.39 is 18.7 Å². The lowest BCUT2D eigenvalue weighted by molar-refractivity contribution is -0.275. The fourth-order valence-corrected chi connectivity index (χ4v) is 1.47. The number of methoxy groups -OCH3 is 1. The molecule has 0 spiro atoms. The summed E-state index contributed by atoms with van der Waals surface area (Å²) in [4.78, 5) is 3.73. The Morgan fingerprint density at radius 1 is 1.50 bits per heavy atom. The maximum Gasteiger partial charge on any atom is 0.573 e. The van der Waals surface area contributed by atoms with Crippen molar-refractivity contribution < 1.29 is 27.8 Å². The molecule has 1 aromatic rings. The first-order valence-corrected chi connectivity index (χ1v) is 5.05. The van der Waals surface area contributed by atoms with Gasteiger partial charge in [0.25, 0.3) is 0 Å². The van der Waals surface area contributed by atoms with E-state index in [1.807, 2.05) is 0 Å². The summed E-state index contributed by atoms with van der Waals surface area (Å²) < 4.78 is 44.5. The fraction of sp³-hybridized carbons (Fsp3) is 0.375. The highest BCUT2D eigenvalue weighted by molar-refractivity contribution is 14.1. The maximum absolute atomic E-state index is 12.0. The number of aromatic nitrogens is 1. The maximum atomic E-state index is 12.0. The van der Waals surface area contributed by atoms with Gasteiger partial charge in [-0.25, -0.2) is 4.98 Å². The van der Waals surface area contributed by atoms with E-state index in [4.69, 9.17) is 9.84 Å². The summed E-state index contributed by atoms with van der Waals surface area (Å²) in [5.41, 5.74) is 0.127. The average Bonchev–Trinajstić information content (AvgIpc) is 2.18. The van der Waals surface area contributed by atoms with Gasteiger partial charge >= 0.3 is 6.36 Å². The van der Waals surface area contributed by atoms with E-state index in [2.05, 4.69) is 9.72 Å². The molecule has 0 radical (unpaired) electrons. The van der Waals surface area contributed by atoms with Crippen LogP contribution < -0.4 is 9.47 Å². The highest BCUT2D eigenvalue weighted by Crippen LogP contribution is 2.30. The van der Waals surface area contributed by atoms with Crippen LogP contribution in [0.1, 0.15) is 5.56 Å². The van der Waals surface area contributed by atoms with E-state index in [0.29, 0.717) is 0 Å². The van der Waals surface area contributed by atoms with Gasteiger partial charge < -0.3 is 14.6 Å². The van der Waals surface area contributed by atoms with Crippen LogP contribution in [0.25, 0.3) is 0 Å². The van der Waals surface area contributed by atoms with E-state index >= 15 is 0 Å². The lowest BCUT2D eigenvalue weighted by Gasteiger charge is -2.12. The summed E-state index contributed by atoms with van der Waals surface area (Å²) in [5, 5.41) is 8.90. The van der Waals surface area contributed by atoms with Crippen LogP contribution in [-0.2, 0) is 6.61 Å². The molecule has 0 saturated heterocycles. The quantitative estimate of drug-likeness (QED) is 0.671. The molecule has 4 nitrogen and oxygen atoms in total. The van der Waals surface area contributed by atoms with Gasteiger partial charge in [-0.15, -0.1) is 13.2 Å². The summed E-state index contributed by atoms with van der Waals surface area (Å²) >= 11 is 1.58. The molecule has 1 aromatic heterocycles. The van der Waals surface area contributed by atoms with Crippen molar-refractivity contribution in [2.45, 2.75) is 13.0 Å².